The number of carboxylic acid groups (broad SMARTS) is 1. The van der Waals surface area contributed by atoms with Crippen LogP contribution in [0.25, 0.3) is 0 Å². The van der Waals surface area contributed by atoms with E-state index in [1.807, 2.05) is 13.0 Å². The molecule has 3 atom stereocenters. The Morgan fingerprint density at radius 1 is 1.52 bits per heavy atom. The third kappa shape index (κ3) is 7.05. The second kappa shape index (κ2) is 10.4. The van der Waals surface area contributed by atoms with E-state index in [9.17, 15) is 14.7 Å². The van der Waals surface area contributed by atoms with E-state index in [0.29, 0.717) is 18.6 Å². The Morgan fingerprint density at radius 3 is 2.96 bits per heavy atom. The van der Waals surface area contributed by atoms with Crippen molar-refractivity contribution in [2.75, 3.05) is 5.75 Å². The molecule has 1 aliphatic rings. The first kappa shape index (κ1) is 22.1. The van der Waals surface area contributed by atoms with Gasteiger partial charge in [-0.2, -0.15) is 0 Å². The van der Waals surface area contributed by atoms with Crippen molar-refractivity contribution in [2.24, 2.45) is 11.8 Å². The molecule has 1 heterocycles. The summed E-state index contributed by atoms with van der Waals surface area (Å²) < 4.78 is 0.733. The van der Waals surface area contributed by atoms with Gasteiger partial charge in [0.1, 0.15) is 5.78 Å². The molecule has 150 valence electrons. The number of aliphatic hydroxyl groups is 1. The number of hydrogen-bond donors (Lipinski definition) is 2. The molecule has 0 radical (unpaired) electrons. The Bertz CT molecular complexity index is 669. The molecule has 1 aromatic heterocycles. The second-order valence-corrected chi connectivity index (χ2v) is 9.65. The summed E-state index contributed by atoms with van der Waals surface area (Å²) in [4.78, 5) is 27.2. The Hall–Kier alpha value is -1.18. The van der Waals surface area contributed by atoms with Gasteiger partial charge < -0.3 is 10.2 Å². The van der Waals surface area contributed by atoms with Crippen LogP contribution in [0.15, 0.2) is 21.9 Å². The first-order chi connectivity index (χ1) is 12.8. The van der Waals surface area contributed by atoms with E-state index in [1.165, 1.54) is 23.1 Å². The highest BCUT2D eigenvalue weighted by molar-refractivity contribution is 8.01. The third-order valence-electron chi connectivity index (χ3n) is 5.02. The number of carbonyl (C=O) groups is 2. The summed E-state index contributed by atoms with van der Waals surface area (Å²) >= 11 is 2.84. The minimum absolute atomic E-state index is 0.0215. The quantitative estimate of drug-likeness (QED) is 0.401. The number of aromatic nitrogens is 1. The summed E-state index contributed by atoms with van der Waals surface area (Å²) in [7, 11) is 0. The molecular formula is C20H29NO4S2. The van der Waals surface area contributed by atoms with E-state index in [2.05, 4.69) is 18.0 Å². The van der Waals surface area contributed by atoms with Crippen molar-refractivity contribution >= 4 is 34.9 Å². The van der Waals surface area contributed by atoms with E-state index in [-0.39, 0.29) is 17.5 Å². The van der Waals surface area contributed by atoms with E-state index in [0.717, 1.165) is 42.2 Å². The summed E-state index contributed by atoms with van der Waals surface area (Å²) in [6, 6.07) is 0. The monoisotopic (exact) mass is 411 g/mol. The van der Waals surface area contributed by atoms with Gasteiger partial charge in [0.15, 0.2) is 10.0 Å². The van der Waals surface area contributed by atoms with Gasteiger partial charge in [0.2, 0.25) is 0 Å². The standard InChI is InChI=1S/C20H29NO4S2/c1-3-4-10-20(2,25)11-5-6-14-7-8-17(22)15(14)9-12-26-19-21-16(13-27-19)18(23)24/h5-6,13-15,25H,3-4,7-12H2,1-2H3,(H,23,24)/b6-5+/t14-,15-,20?/m1/s1. The molecule has 2 N–H and O–H groups in total. The Labute approximate surface area is 169 Å². The highest BCUT2D eigenvalue weighted by Gasteiger charge is 2.32. The lowest BCUT2D eigenvalue weighted by Gasteiger charge is -2.21. The lowest BCUT2D eigenvalue weighted by molar-refractivity contribution is -0.121. The number of rotatable bonds is 11. The van der Waals surface area contributed by atoms with Gasteiger partial charge in [-0.3, -0.25) is 4.79 Å². The molecule has 0 amide bonds. The largest absolute Gasteiger partial charge is 0.476 e. The van der Waals surface area contributed by atoms with Crippen LogP contribution in [-0.4, -0.2) is 38.3 Å². The van der Waals surface area contributed by atoms with Crippen molar-refractivity contribution < 1.29 is 19.8 Å². The summed E-state index contributed by atoms with van der Waals surface area (Å²) in [5, 5.41) is 20.8. The molecule has 0 aliphatic heterocycles. The fourth-order valence-corrected chi connectivity index (χ4v) is 5.28. The number of thioether (sulfide) groups is 1. The van der Waals surface area contributed by atoms with Crippen molar-refractivity contribution in [1.82, 2.24) is 4.98 Å². The van der Waals surface area contributed by atoms with Crippen LogP contribution in [-0.2, 0) is 4.79 Å². The topological polar surface area (TPSA) is 87.5 Å². The molecule has 0 saturated heterocycles. The van der Waals surface area contributed by atoms with Gasteiger partial charge >= 0.3 is 5.97 Å². The molecule has 0 aromatic carbocycles. The molecule has 0 spiro atoms. The maximum Gasteiger partial charge on any atom is 0.355 e. The van der Waals surface area contributed by atoms with E-state index >= 15 is 0 Å². The van der Waals surface area contributed by atoms with Gasteiger partial charge in [0.25, 0.3) is 0 Å². The van der Waals surface area contributed by atoms with Gasteiger partial charge in [0.05, 0.1) is 5.60 Å². The molecule has 5 nitrogen and oxygen atoms in total. The molecular weight excluding hydrogens is 382 g/mol. The van der Waals surface area contributed by atoms with Crippen molar-refractivity contribution in [3.63, 3.8) is 0 Å². The van der Waals surface area contributed by atoms with Gasteiger partial charge in [0, 0.05) is 23.5 Å². The fraction of sp³-hybridized carbons (Fsp3) is 0.650. The molecule has 2 rings (SSSR count). The number of ketones is 1. The lowest BCUT2D eigenvalue weighted by atomic mass is 9.90. The molecule has 27 heavy (non-hydrogen) atoms. The van der Waals surface area contributed by atoms with Crippen LogP contribution in [0.4, 0.5) is 0 Å². The van der Waals surface area contributed by atoms with Crippen LogP contribution in [0.2, 0.25) is 0 Å². The molecule has 1 aliphatic carbocycles. The van der Waals surface area contributed by atoms with Crippen molar-refractivity contribution in [3.8, 4) is 0 Å². The predicted octanol–water partition coefficient (Wildman–Crippen LogP) is 4.81. The normalized spacial score (nSPS) is 22.4. The SMILES string of the molecule is CCCCC(C)(O)C/C=C/[C@@H]1CCC(=O)[C@@H]1CCSc1nc(C(=O)O)cs1. The summed E-state index contributed by atoms with van der Waals surface area (Å²) in [6.07, 6.45) is 9.93. The van der Waals surface area contributed by atoms with E-state index < -0.39 is 11.6 Å². The summed E-state index contributed by atoms with van der Waals surface area (Å²) in [5.41, 5.74) is -0.594. The van der Waals surface area contributed by atoms with Gasteiger partial charge in [-0.15, -0.1) is 11.3 Å². The zero-order valence-electron chi connectivity index (χ0n) is 16.0. The summed E-state index contributed by atoms with van der Waals surface area (Å²) in [6.45, 7) is 3.99. The van der Waals surface area contributed by atoms with Crippen molar-refractivity contribution in [2.45, 2.75) is 68.7 Å². The summed E-state index contributed by atoms with van der Waals surface area (Å²) in [5.74, 6) is 0.318. The third-order valence-corrected chi connectivity index (χ3v) is 7.08. The zero-order valence-corrected chi connectivity index (χ0v) is 17.7. The number of hydrogen-bond acceptors (Lipinski definition) is 6. The Balaban J connectivity index is 1.82. The number of nitrogens with zero attached hydrogens (tertiary/aromatic N) is 1. The number of carbonyl (C=O) groups excluding carboxylic acids is 1. The number of thiazole rings is 1. The minimum Gasteiger partial charge on any atom is -0.476 e. The fourth-order valence-electron chi connectivity index (χ4n) is 3.39. The number of carboxylic acids is 1. The molecule has 1 fully saturated rings. The van der Waals surface area contributed by atoms with Crippen LogP contribution >= 0.6 is 23.1 Å². The van der Waals surface area contributed by atoms with Crippen LogP contribution in [0.5, 0.6) is 0 Å². The maximum absolute atomic E-state index is 12.2. The Morgan fingerprint density at radius 2 is 2.30 bits per heavy atom. The molecule has 1 saturated carbocycles. The lowest BCUT2D eigenvalue weighted by Crippen LogP contribution is -2.22. The number of unbranched alkanes of at least 4 members (excludes halogenated alkanes) is 1. The smallest absolute Gasteiger partial charge is 0.355 e. The number of Topliss-reactive ketones (excluding diaryl/α,β-unsaturated/α-hetero) is 1. The van der Waals surface area contributed by atoms with Gasteiger partial charge in [-0.25, -0.2) is 9.78 Å². The number of allylic oxidation sites excluding steroid dienone is 1. The van der Waals surface area contributed by atoms with Crippen LogP contribution in [0.1, 0.15) is 69.3 Å². The van der Waals surface area contributed by atoms with Crippen LogP contribution in [0, 0.1) is 11.8 Å². The number of aromatic carboxylic acids is 1. The highest BCUT2D eigenvalue weighted by atomic mass is 32.2. The van der Waals surface area contributed by atoms with Gasteiger partial charge in [-0.05, 0) is 38.5 Å². The maximum atomic E-state index is 12.2. The highest BCUT2D eigenvalue weighted by Crippen LogP contribution is 2.35. The second-order valence-electron chi connectivity index (χ2n) is 7.45. The predicted molar refractivity (Wildman–Crippen MR) is 110 cm³/mol. The first-order valence-corrected chi connectivity index (χ1v) is 11.4. The average molecular weight is 412 g/mol. The first-order valence-electron chi connectivity index (χ1n) is 9.56. The molecule has 0 bridgehead atoms. The van der Waals surface area contributed by atoms with E-state index in [1.54, 1.807) is 5.38 Å². The molecule has 1 unspecified atom stereocenters. The molecule has 7 heteroatoms. The molecule has 1 aromatic rings. The van der Waals surface area contributed by atoms with Crippen LogP contribution < -0.4 is 0 Å². The minimum atomic E-state index is -1.01. The Kier molecular flexibility index (Phi) is 8.51. The van der Waals surface area contributed by atoms with Crippen molar-refractivity contribution in [1.29, 1.82) is 0 Å². The average Bonchev–Trinajstić information content (AvgIpc) is 3.22. The zero-order chi connectivity index (χ0) is 19.9. The van der Waals surface area contributed by atoms with Gasteiger partial charge in [-0.1, -0.05) is 43.7 Å². The van der Waals surface area contributed by atoms with Crippen molar-refractivity contribution in [3.05, 3.63) is 23.2 Å². The van der Waals surface area contributed by atoms with Crippen LogP contribution in [0.3, 0.4) is 0 Å². The van der Waals surface area contributed by atoms with E-state index in [4.69, 9.17) is 5.11 Å².